The number of carbonyl (C=O) groups is 1. The smallest absolute Gasteiger partial charge is 0.280 e. The van der Waals surface area contributed by atoms with E-state index in [2.05, 4.69) is 10.1 Å². The fourth-order valence-electron chi connectivity index (χ4n) is 2.89. The topological polar surface area (TPSA) is 77.0 Å². The normalized spacial score (nSPS) is 11.1. The van der Waals surface area contributed by atoms with Crippen molar-refractivity contribution in [2.45, 2.75) is 6.92 Å². The van der Waals surface area contributed by atoms with Crippen LogP contribution in [0.5, 0.6) is 5.75 Å². The Hall–Kier alpha value is -3.41. The van der Waals surface area contributed by atoms with Crippen LogP contribution in [0.15, 0.2) is 53.5 Å². The van der Waals surface area contributed by atoms with Crippen LogP contribution in [0.2, 0.25) is 0 Å². The van der Waals surface area contributed by atoms with Gasteiger partial charge in [-0.1, -0.05) is 6.07 Å². The molecule has 6 heteroatoms. The highest BCUT2D eigenvalue weighted by atomic mass is 16.5. The number of nitrogens with one attached hydrogen (secondary N) is 1. The number of pyridine rings is 1. The molecule has 0 saturated heterocycles. The van der Waals surface area contributed by atoms with Gasteiger partial charge in [0.05, 0.1) is 29.2 Å². The highest BCUT2D eigenvalue weighted by Crippen LogP contribution is 2.22. The fraction of sp³-hybridized carbons (Fsp3) is 0.105. The van der Waals surface area contributed by atoms with E-state index in [0.29, 0.717) is 27.7 Å². The number of ether oxygens (including phenoxy) is 1. The first-order valence-corrected chi connectivity index (χ1v) is 7.77. The Labute approximate surface area is 142 Å². The summed E-state index contributed by atoms with van der Waals surface area (Å²) in [4.78, 5) is 28.6. The molecular weight excluding hydrogens is 318 g/mol. The van der Waals surface area contributed by atoms with Crippen molar-refractivity contribution in [2.24, 2.45) is 0 Å². The third kappa shape index (κ3) is 2.39. The van der Waals surface area contributed by atoms with Gasteiger partial charge in [-0.3, -0.25) is 19.7 Å². The Balaban J connectivity index is 1.95. The number of nitrogens with zero attached hydrogens (tertiary/aromatic N) is 2. The number of benzene rings is 2. The number of hydrogen-bond donors (Lipinski definition) is 1. The summed E-state index contributed by atoms with van der Waals surface area (Å²) in [6.45, 7) is 1.52. The molecule has 0 bridgehead atoms. The molecule has 124 valence electrons. The molecule has 2 aromatic carbocycles. The van der Waals surface area contributed by atoms with E-state index in [1.165, 1.54) is 11.6 Å². The third-order valence-corrected chi connectivity index (χ3v) is 4.26. The summed E-state index contributed by atoms with van der Waals surface area (Å²) in [5.74, 6) is 0.699. The number of aromatic amines is 1. The van der Waals surface area contributed by atoms with Crippen LogP contribution in [0.1, 0.15) is 17.3 Å². The second kappa shape index (κ2) is 5.59. The Morgan fingerprint density at radius 1 is 1.12 bits per heavy atom. The summed E-state index contributed by atoms with van der Waals surface area (Å²) in [6.07, 6.45) is 1.54. The molecule has 1 N–H and O–H groups in total. The summed E-state index contributed by atoms with van der Waals surface area (Å²) in [6, 6.07) is 12.5. The largest absolute Gasteiger partial charge is 0.497 e. The molecule has 0 aliphatic carbocycles. The molecular formula is C19H15N3O3. The third-order valence-electron chi connectivity index (χ3n) is 4.26. The van der Waals surface area contributed by atoms with Crippen LogP contribution in [0.4, 0.5) is 0 Å². The number of rotatable bonds is 3. The van der Waals surface area contributed by atoms with E-state index in [0.717, 1.165) is 11.1 Å². The average molecular weight is 333 g/mol. The summed E-state index contributed by atoms with van der Waals surface area (Å²) in [5.41, 5.74) is 2.49. The van der Waals surface area contributed by atoms with Gasteiger partial charge in [-0.2, -0.15) is 0 Å². The molecule has 0 atom stereocenters. The number of H-pyrrole nitrogens is 1. The van der Waals surface area contributed by atoms with Gasteiger partial charge in [-0.05, 0) is 43.3 Å². The molecule has 2 aromatic heterocycles. The number of aromatic nitrogens is 3. The van der Waals surface area contributed by atoms with E-state index in [1.54, 1.807) is 49.7 Å². The fourth-order valence-corrected chi connectivity index (χ4v) is 2.89. The van der Waals surface area contributed by atoms with E-state index in [1.807, 2.05) is 6.07 Å². The van der Waals surface area contributed by atoms with Gasteiger partial charge in [0.2, 0.25) is 0 Å². The van der Waals surface area contributed by atoms with Crippen molar-refractivity contribution in [3.63, 3.8) is 0 Å². The van der Waals surface area contributed by atoms with Gasteiger partial charge in [0.25, 0.3) is 5.56 Å². The van der Waals surface area contributed by atoms with Crippen molar-refractivity contribution in [2.75, 3.05) is 7.11 Å². The van der Waals surface area contributed by atoms with Gasteiger partial charge in [0.15, 0.2) is 5.78 Å². The number of hydrogen-bond acceptors (Lipinski definition) is 4. The predicted octanol–water partition coefficient (Wildman–Crippen LogP) is 3.08. The van der Waals surface area contributed by atoms with Crippen LogP contribution in [0, 0.1) is 0 Å². The van der Waals surface area contributed by atoms with E-state index < -0.39 is 0 Å². The predicted molar refractivity (Wildman–Crippen MR) is 95.8 cm³/mol. The Morgan fingerprint density at radius 2 is 1.88 bits per heavy atom. The second-order valence-corrected chi connectivity index (χ2v) is 5.79. The number of Topliss-reactive ketones (excluding diaryl/α,β-unsaturated/α-hetero) is 1. The van der Waals surface area contributed by atoms with E-state index in [9.17, 15) is 9.59 Å². The molecule has 25 heavy (non-hydrogen) atoms. The molecule has 4 aromatic rings. The lowest BCUT2D eigenvalue weighted by Crippen LogP contribution is -2.14. The molecule has 0 amide bonds. The molecule has 6 nitrogen and oxygen atoms in total. The molecule has 0 saturated carbocycles. The monoisotopic (exact) mass is 333 g/mol. The first-order valence-electron chi connectivity index (χ1n) is 7.77. The summed E-state index contributed by atoms with van der Waals surface area (Å²) in [5, 5.41) is 4.44. The van der Waals surface area contributed by atoms with Crippen LogP contribution in [0.3, 0.4) is 0 Å². The number of methoxy groups -OCH3 is 1. The maximum atomic E-state index is 12.7. The zero-order valence-corrected chi connectivity index (χ0v) is 13.7. The molecule has 0 spiro atoms. The Bertz CT molecular complexity index is 1170. The minimum absolute atomic E-state index is 0.0203. The van der Waals surface area contributed by atoms with Crippen molar-refractivity contribution >= 4 is 27.6 Å². The lowest BCUT2D eigenvalue weighted by Gasteiger charge is -2.03. The summed E-state index contributed by atoms with van der Waals surface area (Å²) < 4.78 is 6.62. The van der Waals surface area contributed by atoms with Crippen molar-refractivity contribution in [1.82, 2.24) is 14.8 Å². The Kier molecular flexibility index (Phi) is 3.39. The molecule has 0 radical (unpaired) electrons. The molecule has 0 aliphatic rings. The van der Waals surface area contributed by atoms with Crippen LogP contribution in [-0.4, -0.2) is 27.7 Å². The lowest BCUT2D eigenvalue weighted by atomic mass is 10.1. The van der Waals surface area contributed by atoms with Gasteiger partial charge in [0, 0.05) is 17.1 Å². The summed E-state index contributed by atoms with van der Waals surface area (Å²) in [7, 11) is 1.59. The molecule has 0 fully saturated rings. The number of ketones is 1. The van der Waals surface area contributed by atoms with Gasteiger partial charge >= 0.3 is 0 Å². The quantitative estimate of drug-likeness (QED) is 0.585. The van der Waals surface area contributed by atoms with E-state index in [-0.39, 0.29) is 11.3 Å². The first-order chi connectivity index (χ1) is 12.1. The molecule has 2 heterocycles. The van der Waals surface area contributed by atoms with Crippen molar-refractivity contribution in [3.05, 3.63) is 64.6 Å². The van der Waals surface area contributed by atoms with Crippen LogP contribution >= 0.6 is 0 Å². The van der Waals surface area contributed by atoms with Crippen LogP contribution < -0.4 is 10.3 Å². The SMILES string of the molecule is COc1ccc(-n2[nH]c3c(cnc4cc(C(C)=O)ccc43)c2=O)cc1. The average Bonchev–Trinajstić information content (AvgIpc) is 2.98. The highest BCUT2D eigenvalue weighted by Gasteiger charge is 2.13. The van der Waals surface area contributed by atoms with E-state index >= 15 is 0 Å². The van der Waals surface area contributed by atoms with Crippen molar-refractivity contribution < 1.29 is 9.53 Å². The van der Waals surface area contributed by atoms with Crippen LogP contribution in [-0.2, 0) is 0 Å². The lowest BCUT2D eigenvalue weighted by molar-refractivity contribution is 0.101. The second-order valence-electron chi connectivity index (χ2n) is 5.79. The molecule has 0 unspecified atom stereocenters. The van der Waals surface area contributed by atoms with Crippen molar-refractivity contribution in [3.8, 4) is 11.4 Å². The minimum Gasteiger partial charge on any atom is -0.497 e. The van der Waals surface area contributed by atoms with E-state index in [4.69, 9.17) is 4.74 Å². The first kappa shape index (κ1) is 15.1. The zero-order valence-electron chi connectivity index (χ0n) is 13.7. The number of carbonyl (C=O) groups excluding carboxylic acids is 1. The van der Waals surface area contributed by atoms with Gasteiger partial charge < -0.3 is 4.74 Å². The van der Waals surface area contributed by atoms with Crippen LogP contribution in [0.25, 0.3) is 27.5 Å². The van der Waals surface area contributed by atoms with Gasteiger partial charge in [-0.15, -0.1) is 0 Å². The van der Waals surface area contributed by atoms with Crippen molar-refractivity contribution in [1.29, 1.82) is 0 Å². The summed E-state index contributed by atoms with van der Waals surface area (Å²) >= 11 is 0. The van der Waals surface area contributed by atoms with Gasteiger partial charge in [0.1, 0.15) is 5.75 Å². The standard InChI is InChI=1S/C19H15N3O3/c1-11(23)12-3-8-15-17(9-12)20-10-16-18(15)21-22(19(16)24)13-4-6-14(25-2)7-5-13/h3-10,21H,1-2H3. The van der Waals surface area contributed by atoms with Gasteiger partial charge in [-0.25, -0.2) is 4.68 Å². The Morgan fingerprint density at radius 3 is 2.56 bits per heavy atom. The maximum absolute atomic E-state index is 12.7. The molecule has 4 rings (SSSR count). The highest BCUT2D eigenvalue weighted by molar-refractivity contribution is 6.05. The number of fused-ring (bicyclic) bond motifs is 3. The maximum Gasteiger partial charge on any atom is 0.280 e. The molecule has 0 aliphatic heterocycles. The minimum atomic E-state index is -0.176. The zero-order chi connectivity index (χ0) is 17.6.